The maximum Gasteiger partial charge on any atom is 0.260 e. The molecule has 1 heterocycles. The quantitative estimate of drug-likeness (QED) is 0.930. The molecule has 132 valence electrons. The van der Waals surface area contributed by atoms with Crippen LogP contribution in [0.5, 0.6) is 11.5 Å². The molecular formula is C20H24N2O3. The lowest BCUT2D eigenvalue weighted by atomic mass is 10.1. The maximum absolute atomic E-state index is 12.3. The SMILES string of the molecule is Cc1cccc(N2CCN(C(=O)COc3ccccc3O)CC2)c1C. The molecule has 0 aliphatic carbocycles. The number of aromatic hydroxyl groups is 1. The van der Waals surface area contributed by atoms with Crippen LogP contribution in [0, 0.1) is 13.8 Å². The van der Waals surface area contributed by atoms with Gasteiger partial charge in [0.05, 0.1) is 0 Å². The number of ether oxygens (including phenoxy) is 1. The van der Waals surface area contributed by atoms with Crippen molar-refractivity contribution in [2.75, 3.05) is 37.7 Å². The Morgan fingerprint density at radius 1 is 1.04 bits per heavy atom. The average molecular weight is 340 g/mol. The van der Waals surface area contributed by atoms with Gasteiger partial charge in [0.1, 0.15) is 0 Å². The number of rotatable bonds is 4. The summed E-state index contributed by atoms with van der Waals surface area (Å²) < 4.78 is 5.44. The van der Waals surface area contributed by atoms with Crippen molar-refractivity contribution in [1.82, 2.24) is 4.90 Å². The Morgan fingerprint density at radius 3 is 2.48 bits per heavy atom. The van der Waals surface area contributed by atoms with Gasteiger partial charge in [-0.25, -0.2) is 0 Å². The summed E-state index contributed by atoms with van der Waals surface area (Å²) in [6, 6.07) is 13.0. The van der Waals surface area contributed by atoms with Crippen molar-refractivity contribution in [3.63, 3.8) is 0 Å². The number of nitrogens with zero attached hydrogens (tertiary/aromatic N) is 2. The van der Waals surface area contributed by atoms with Crippen LogP contribution in [0.4, 0.5) is 5.69 Å². The van der Waals surface area contributed by atoms with Crippen LogP contribution in [-0.4, -0.2) is 48.7 Å². The predicted octanol–water partition coefficient (Wildman–Crippen LogP) is 2.74. The highest BCUT2D eigenvalue weighted by Crippen LogP contribution is 2.25. The van der Waals surface area contributed by atoms with E-state index in [9.17, 15) is 9.90 Å². The number of carbonyl (C=O) groups excluding carboxylic acids is 1. The van der Waals surface area contributed by atoms with Gasteiger partial charge in [-0.3, -0.25) is 4.79 Å². The van der Waals surface area contributed by atoms with E-state index < -0.39 is 0 Å². The van der Waals surface area contributed by atoms with E-state index in [1.54, 1.807) is 24.3 Å². The number of phenolic OH excluding ortho intramolecular Hbond substituents is 1. The van der Waals surface area contributed by atoms with Crippen LogP contribution >= 0.6 is 0 Å². The summed E-state index contributed by atoms with van der Waals surface area (Å²) in [5.41, 5.74) is 3.83. The van der Waals surface area contributed by atoms with Gasteiger partial charge in [-0.15, -0.1) is 0 Å². The average Bonchev–Trinajstić information content (AvgIpc) is 2.63. The Hall–Kier alpha value is -2.69. The van der Waals surface area contributed by atoms with Crippen molar-refractivity contribution in [1.29, 1.82) is 0 Å². The molecule has 3 rings (SSSR count). The number of amides is 1. The van der Waals surface area contributed by atoms with Gasteiger partial charge in [-0.05, 0) is 43.2 Å². The molecule has 2 aromatic carbocycles. The number of para-hydroxylation sites is 2. The maximum atomic E-state index is 12.3. The first-order chi connectivity index (χ1) is 12.1. The highest BCUT2D eigenvalue weighted by atomic mass is 16.5. The van der Waals surface area contributed by atoms with Crippen molar-refractivity contribution >= 4 is 11.6 Å². The molecule has 25 heavy (non-hydrogen) atoms. The number of phenols is 1. The molecule has 0 radical (unpaired) electrons. The molecule has 0 bridgehead atoms. The molecule has 1 aliphatic heterocycles. The Bertz CT molecular complexity index is 752. The second kappa shape index (κ2) is 7.47. The van der Waals surface area contributed by atoms with Crippen LogP contribution in [0.2, 0.25) is 0 Å². The smallest absolute Gasteiger partial charge is 0.260 e. The van der Waals surface area contributed by atoms with E-state index in [0.717, 1.165) is 13.1 Å². The Morgan fingerprint density at radius 2 is 1.76 bits per heavy atom. The van der Waals surface area contributed by atoms with Gasteiger partial charge in [-0.1, -0.05) is 24.3 Å². The van der Waals surface area contributed by atoms with E-state index in [1.165, 1.54) is 16.8 Å². The number of hydrogen-bond donors (Lipinski definition) is 1. The second-order valence-corrected chi connectivity index (χ2v) is 6.34. The molecule has 0 unspecified atom stereocenters. The summed E-state index contributed by atoms with van der Waals surface area (Å²) >= 11 is 0. The topological polar surface area (TPSA) is 53.0 Å². The molecule has 1 N–H and O–H groups in total. The first kappa shape index (κ1) is 17.1. The van der Waals surface area contributed by atoms with Crippen molar-refractivity contribution < 1.29 is 14.6 Å². The molecule has 0 aromatic heterocycles. The third-order valence-electron chi connectivity index (χ3n) is 4.77. The number of hydrogen-bond acceptors (Lipinski definition) is 4. The minimum absolute atomic E-state index is 0.0510. The summed E-state index contributed by atoms with van der Waals surface area (Å²) in [5.74, 6) is 0.337. The minimum Gasteiger partial charge on any atom is -0.504 e. The molecule has 5 nitrogen and oxygen atoms in total. The summed E-state index contributed by atoms with van der Waals surface area (Å²) in [6.07, 6.45) is 0. The van der Waals surface area contributed by atoms with Crippen LogP contribution in [0.25, 0.3) is 0 Å². The van der Waals surface area contributed by atoms with Crippen LogP contribution in [-0.2, 0) is 4.79 Å². The van der Waals surface area contributed by atoms with E-state index in [4.69, 9.17) is 4.74 Å². The third kappa shape index (κ3) is 3.87. The molecule has 2 aromatic rings. The van der Waals surface area contributed by atoms with Crippen LogP contribution in [0.3, 0.4) is 0 Å². The highest BCUT2D eigenvalue weighted by molar-refractivity contribution is 5.78. The number of carbonyl (C=O) groups is 1. The molecular weight excluding hydrogens is 316 g/mol. The number of benzene rings is 2. The Kier molecular flexibility index (Phi) is 5.12. The zero-order valence-corrected chi connectivity index (χ0v) is 14.7. The molecule has 1 saturated heterocycles. The predicted molar refractivity (Wildman–Crippen MR) is 98.3 cm³/mol. The molecule has 5 heteroatoms. The summed E-state index contributed by atoms with van der Waals surface area (Å²) in [5, 5.41) is 9.69. The fourth-order valence-electron chi connectivity index (χ4n) is 3.08. The van der Waals surface area contributed by atoms with Gasteiger partial charge in [0.15, 0.2) is 18.1 Å². The van der Waals surface area contributed by atoms with Crippen molar-refractivity contribution in [3.05, 3.63) is 53.6 Å². The third-order valence-corrected chi connectivity index (χ3v) is 4.77. The molecule has 1 amide bonds. The summed E-state index contributed by atoms with van der Waals surface area (Å²) in [6.45, 7) is 7.18. The first-order valence-electron chi connectivity index (χ1n) is 8.56. The molecule has 0 saturated carbocycles. The highest BCUT2D eigenvalue weighted by Gasteiger charge is 2.22. The molecule has 1 aliphatic rings. The van der Waals surface area contributed by atoms with E-state index >= 15 is 0 Å². The van der Waals surface area contributed by atoms with Crippen LogP contribution in [0.1, 0.15) is 11.1 Å². The van der Waals surface area contributed by atoms with Gasteiger partial charge in [-0.2, -0.15) is 0 Å². The van der Waals surface area contributed by atoms with Crippen molar-refractivity contribution in [2.45, 2.75) is 13.8 Å². The number of anilines is 1. The van der Waals surface area contributed by atoms with Crippen molar-refractivity contribution in [2.24, 2.45) is 0 Å². The lowest BCUT2D eigenvalue weighted by molar-refractivity contribution is -0.133. The van der Waals surface area contributed by atoms with Gasteiger partial charge >= 0.3 is 0 Å². The monoisotopic (exact) mass is 340 g/mol. The fourth-order valence-corrected chi connectivity index (χ4v) is 3.08. The first-order valence-corrected chi connectivity index (χ1v) is 8.56. The lowest BCUT2D eigenvalue weighted by Crippen LogP contribution is -2.50. The lowest BCUT2D eigenvalue weighted by Gasteiger charge is -2.37. The van der Waals surface area contributed by atoms with Crippen molar-refractivity contribution in [3.8, 4) is 11.5 Å². The van der Waals surface area contributed by atoms with E-state index in [0.29, 0.717) is 18.8 Å². The largest absolute Gasteiger partial charge is 0.504 e. The molecule has 0 atom stereocenters. The fraction of sp³-hybridized carbons (Fsp3) is 0.350. The number of aryl methyl sites for hydroxylation is 1. The second-order valence-electron chi connectivity index (χ2n) is 6.34. The number of piperazine rings is 1. The normalized spacial score (nSPS) is 14.5. The van der Waals surface area contributed by atoms with Gasteiger partial charge in [0, 0.05) is 31.9 Å². The van der Waals surface area contributed by atoms with E-state index in [2.05, 4.69) is 36.9 Å². The minimum atomic E-state index is -0.0545. The Balaban J connectivity index is 1.54. The van der Waals surface area contributed by atoms with Crippen LogP contribution in [0.15, 0.2) is 42.5 Å². The zero-order valence-electron chi connectivity index (χ0n) is 14.7. The van der Waals surface area contributed by atoms with E-state index in [1.807, 2.05) is 4.90 Å². The summed E-state index contributed by atoms with van der Waals surface area (Å²) in [7, 11) is 0. The molecule has 0 spiro atoms. The standard InChI is InChI=1S/C20H24N2O3/c1-15-6-5-7-17(16(15)2)21-10-12-22(13-11-21)20(24)14-25-19-9-4-3-8-18(19)23/h3-9,23H,10-14H2,1-2H3. The van der Waals surface area contributed by atoms with Gasteiger partial charge in [0.2, 0.25) is 0 Å². The zero-order chi connectivity index (χ0) is 17.8. The summed E-state index contributed by atoms with van der Waals surface area (Å²) in [4.78, 5) is 16.5. The molecule has 1 fully saturated rings. The van der Waals surface area contributed by atoms with Crippen LogP contribution < -0.4 is 9.64 Å². The van der Waals surface area contributed by atoms with Gasteiger partial charge < -0.3 is 19.6 Å². The van der Waals surface area contributed by atoms with E-state index in [-0.39, 0.29) is 18.3 Å². The van der Waals surface area contributed by atoms with Gasteiger partial charge in [0.25, 0.3) is 5.91 Å². The Labute approximate surface area is 148 Å².